The summed E-state index contributed by atoms with van der Waals surface area (Å²) in [5.41, 5.74) is 4.85. The Bertz CT molecular complexity index is 4150. The number of phenols is 6. The van der Waals surface area contributed by atoms with Crippen molar-refractivity contribution in [3.8, 4) is 80.1 Å². The first-order valence-electron chi connectivity index (χ1n) is 27.2. The number of hydrogen-bond donors (Lipinski definition) is 16. The van der Waals surface area contributed by atoms with Crippen LogP contribution in [0.2, 0.25) is 10.0 Å². The number of fused-ring (bicyclic) bond motifs is 14. The topological polar surface area (TPSA) is 411 Å². The number of carbonyl (C=O) groups excluding carboxylic acids is 7. The van der Waals surface area contributed by atoms with Crippen LogP contribution in [0.4, 0.5) is 0 Å². The largest absolute Gasteiger partial charge is 0.508 e. The van der Waals surface area contributed by atoms with Crippen LogP contribution in [0.25, 0.3) is 11.1 Å². The number of rotatable bonds is 3. The molecule has 7 aromatic carbocycles. The molecule has 28 heteroatoms. The third-order valence-corrected chi connectivity index (χ3v) is 15.9. The summed E-state index contributed by atoms with van der Waals surface area (Å²) < 4.78 is 18.5. The summed E-state index contributed by atoms with van der Waals surface area (Å²) in [6.45, 7) is -0.196. The van der Waals surface area contributed by atoms with Gasteiger partial charge in [-0.25, -0.2) is 0 Å². The highest BCUT2D eigenvalue weighted by molar-refractivity contribution is 6.32. The van der Waals surface area contributed by atoms with E-state index in [-0.39, 0.29) is 96.1 Å². The lowest BCUT2D eigenvalue weighted by atomic mass is 9.87. The van der Waals surface area contributed by atoms with Gasteiger partial charge in [-0.2, -0.15) is 0 Å². The van der Waals surface area contributed by atoms with Crippen LogP contribution in [0, 0.1) is 0 Å². The highest BCUT2D eigenvalue weighted by Crippen LogP contribution is 2.49. The van der Waals surface area contributed by atoms with Crippen LogP contribution in [-0.2, 0) is 46.5 Å². The summed E-state index contributed by atoms with van der Waals surface area (Å²) in [5, 5.41) is 102. The minimum absolute atomic E-state index is 0.119. The zero-order chi connectivity index (χ0) is 63.4. The van der Waals surface area contributed by atoms with Crippen molar-refractivity contribution in [2.24, 2.45) is 5.73 Å². The van der Waals surface area contributed by atoms with Gasteiger partial charge in [0, 0.05) is 37.2 Å². The summed E-state index contributed by atoms with van der Waals surface area (Å²) >= 11 is 13.8. The number of phenolic OH excluding ortho intramolecular Hbond substituents is 6. The molecule has 6 aliphatic heterocycles. The van der Waals surface area contributed by atoms with Gasteiger partial charge in [-0.1, -0.05) is 47.5 Å². The summed E-state index contributed by atoms with van der Waals surface area (Å²) in [4.78, 5) is 105. The number of carbonyl (C=O) groups is 7. The van der Waals surface area contributed by atoms with E-state index in [1.165, 1.54) is 74.8 Å². The van der Waals surface area contributed by atoms with E-state index in [1.807, 2.05) is 0 Å². The Morgan fingerprint density at radius 2 is 1.15 bits per heavy atom. The summed E-state index contributed by atoms with van der Waals surface area (Å²) in [5.74, 6) is -13.4. The number of aromatic hydroxyl groups is 6. The molecule has 17 bridgehead atoms. The van der Waals surface area contributed by atoms with E-state index < -0.39 is 136 Å². The molecular weight excluding hydrogens is 1200 g/mol. The fraction of sp³-hybridized carbons (Fsp3) is 0.197. The minimum Gasteiger partial charge on any atom is -0.508 e. The van der Waals surface area contributed by atoms with Gasteiger partial charge < -0.3 is 98.2 Å². The molecule has 0 spiro atoms. The van der Waals surface area contributed by atoms with Crippen molar-refractivity contribution >= 4 is 64.6 Å². The number of benzene rings is 7. The number of ether oxygens (including phenoxy) is 3. The van der Waals surface area contributed by atoms with E-state index in [4.69, 9.17) is 43.1 Å². The molecule has 6 aliphatic rings. The normalized spacial score (nSPS) is 21.6. The van der Waals surface area contributed by atoms with Gasteiger partial charge in [-0.15, -0.1) is 0 Å². The number of likely N-dealkylation sites (N-methyl/N-ethyl adjacent to an activating group) is 1. The van der Waals surface area contributed by atoms with Crippen molar-refractivity contribution in [1.29, 1.82) is 0 Å². The molecule has 26 nitrogen and oxygen atoms in total. The second-order valence-electron chi connectivity index (χ2n) is 21.2. The van der Waals surface area contributed by atoms with E-state index in [9.17, 15) is 54.9 Å². The quantitative estimate of drug-likeness (QED) is 0.117. The van der Waals surface area contributed by atoms with Gasteiger partial charge in [0.2, 0.25) is 47.1 Å². The predicted molar refractivity (Wildman–Crippen MR) is 314 cm³/mol. The first-order chi connectivity index (χ1) is 42.5. The Morgan fingerprint density at radius 3 is 1.81 bits per heavy atom. The fourth-order valence-electron chi connectivity index (χ4n) is 10.8. The van der Waals surface area contributed by atoms with Crippen LogP contribution >= 0.6 is 23.2 Å². The summed E-state index contributed by atoms with van der Waals surface area (Å²) in [6.07, 6.45) is -2.42. The molecule has 0 aromatic heterocycles. The Labute approximate surface area is 513 Å². The van der Waals surface area contributed by atoms with Crippen molar-refractivity contribution in [2.45, 2.75) is 61.4 Å². The van der Waals surface area contributed by atoms with Crippen LogP contribution in [0.1, 0.15) is 80.8 Å². The third kappa shape index (κ3) is 11.7. The molecule has 0 saturated carbocycles. The van der Waals surface area contributed by atoms with Crippen LogP contribution < -0.4 is 62.5 Å². The van der Waals surface area contributed by atoms with Crippen LogP contribution in [0.15, 0.2) is 109 Å². The van der Waals surface area contributed by atoms with Gasteiger partial charge in [-0.3, -0.25) is 33.6 Å². The molecule has 0 radical (unpaired) electrons. The van der Waals surface area contributed by atoms with Gasteiger partial charge in [0.05, 0.1) is 15.6 Å². The molecular formula is C61H53Cl2N9O17. The molecule has 0 unspecified atom stereocenters. The summed E-state index contributed by atoms with van der Waals surface area (Å²) in [6, 6.07) is 8.45. The van der Waals surface area contributed by atoms with Gasteiger partial charge in [0.25, 0.3) is 0 Å². The molecule has 13 rings (SSSR count). The molecule has 8 atom stereocenters. The van der Waals surface area contributed by atoms with Crippen LogP contribution in [-0.4, -0.2) is 103 Å². The average molecular weight is 1260 g/mol. The standard InChI is InChI=1S/C61H53Cl2N9O17/c1-65-22-33-39(76)21-32-45(53(33)78)31-15-25(5-7-37(31)74)47-58(83)72-51(61(86)71-50(32)57(82)66-2)52(77)26-6-10-41(35(63)16-26)89-44-19-28-18-43(54(44)79)88-40-9-3-23(11-34(40)62)12-36-55(80)68-48(59(84)70-49(28)60(85)69-47)27-13-29(73)20-30(14-27)87-42-17-24(4-8-38(42)75)46(64)56(81)67-36/h3-11,13-21,36,46-52,65,73-79H,12,22,64H2,1-2H3,(H,66,82)(H,67,81)(H,68,80)(H,69,85)(H,70,84)(H,71,86)(H,72,83)/t36-,46-,47-,48+,49-,50+,51+,52-/m1/s1. The van der Waals surface area contributed by atoms with Crippen molar-refractivity contribution in [3.63, 3.8) is 0 Å². The maximum atomic E-state index is 15.8. The van der Waals surface area contributed by atoms with Gasteiger partial charge in [0.15, 0.2) is 23.0 Å². The van der Waals surface area contributed by atoms with Gasteiger partial charge in [-0.05, 0) is 125 Å². The zero-order valence-electron chi connectivity index (χ0n) is 46.5. The van der Waals surface area contributed by atoms with Gasteiger partial charge >= 0.3 is 0 Å². The Kier molecular flexibility index (Phi) is 16.2. The van der Waals surface area contributed by atoms with E-state index >= 15 is 14.4 Å². The SMILES string of the molecule is CNCc1c(O)cc2c(c1O)-c1cc(ccc1O)[C@H]1NC(=O)[C@@H]3NC(=O)[C@H]4NC(=O)[C@@H](Cc5ccc(c(Cl)c5)Oc5cc3cc(c5O)Oc3ccc(cc3Cl)[C@@H](O)[C@H](NC1=O)C(=O)N[C@@H]2C(=O)NC)NC(=O)[C@H](N)c1ccc(O)c(c1)Oc1cc(O)cc4c1. The molecule has 6 heterocycles. The lowest BCUT2D eigenvalue weighted by Gasteiger charge is -2.31. The Morgan fingerprint density at radius 1 is 0.551 bits per heavy atom. The van der Waals surface area contributed by atoms with E-state index in [0.717, 1.165) is 48.5 Å². The maximum absolute atomic E-state index is 15.8. The predicted octanol–water partition coefficient (Wildman–Crippen LogP) is 4.37. The van der Waals surface area contributed by atoms with Crippen molar-refractivity contribution in [1.82, 2.24) is 42.5 Å². The molecule has 7 amide bonds. The van der Waals surface area contributed by atoms with Crippen molar-refractivity contribution < 1.29 is 83.5 Å². The second kappa shape index (κ2) is 24.0. The highest BCUT2D eigenvalue weighted by Gasteiger charge is 2.41. The molecule has 0 saturated heterocycles. The molecule has 7 aromatic rings. The number of hydrogen-bond acceptors (Lipinski definition) is 19. The molecule has 0 fully saturated rings. The molecule has 458 valence electrons. The van der Waals surface area contributed by atoms with E-state index in [2.05, 4.69) is 42.5 Å². The number of halogens is 2. The molecule has 89 heavy (non-hydrogen) atoms. The fourth-order valence-corrected chi connectivity index (χ4v) is 11.3. The maximum Gasteiger partial charge on any atom is 0.248 e. The highest BCUT2D eigenvalue weighted by atomic mass is 35.5. The third-order valence-electron chi connectivity index (χ3n) is 15.3. The molecule has 17 N–H and O–H groups in total. The van der Waals surface area contributed by atoms with Crippen LogP contribution in [0.5, 0.6) is 69.0 Å². The number of amides is 7. The Balaban J connectivity index is 1.15. The van der Waals surface area contributed by atoms with Gasteiger partial charge in [0.1, 0.15) is 88.6 Å². The van der Waals surface area contributed by atoms with Crippen LogP contribution in [0.3, 0.4) is 0 Å². The monoisotopic (exact) mass is 1250 g/mol. The number of nitrogens with one attached hydrogen (secondary N) is 8. The molecule has 0 aliphatic carbocycles. The number of aliphatic hydroxyl groups is 1. The lowest BCUT2D eigenvalue weighted by molar-refractivity contribution is -0.137. The van der Waals surface area contributed by atoms with Crippen molar-refractivity contribution in [3.05, 3.63) is 164 Å². The zero-order valence-corrected chi connectivity index (χ0v) is 48.0. The van der Waals surface area contributed by atoms with Crippen molar-refractivity contribution in [2.75, 3.05) is 14.1 Å². The number of aliphatic hydroxyl groups excluding tert-OH is 1. The summed E-state index contributed by atoms with van der Waals surface area (Å²) in [7, 11) is 2.72. The van der Waals surface area contributed by atoms with E-state index in [1.54, 1.807) is 0 Å². The lowest BCUT2D eigenvalue weighted by Crippen LogP contribution is -2.55. The first kappa shape index (κ1) is 60.2. The average Bonchev–Trinajstić information content (AvgIpc) is 0.892. The number of nitrogens with two attached hydrogens (primary N) is 1. The Hall–Kier alpha value is -10.5. The minimum atomic E-state index is -2.16. The second-order valence-corrected chi connectivity index (χ2v) is 22.0. The van der Waals surface area contributed by atoms with E-state index in [0.29, 0.717) is 5.56 Å². The smallest absolute Gasteiger partial charge is 0.248 e. The first-order valence-corrected chi connectivity index (χ1v) is 27.9.